The van der Waals surface area contributed by atoms with Gasteiger partial charge in [0.25, 0.3) is 15.9 Å². The number of hydrogen-bond acceptors (Lipinski definition) is 4. The Labute approximate surface area is 181 Å². The third-order valence-corrected chi connectivity index (χ3v) is 6.50. The summed E-state index contributed by atoms with van der Waals surface area (Å²) >= 11 is 5.82. The molecule has 0 bridgehead atoms. The number of sulfonamides is 1. The zero-order valence-electron chi connectivity index (χ0n) is 16.6. The molecule has 1 heterocycles. The Balaban J connectivity index is 1.77. The van der Waals surface area contributed by atoms with Gasteiger partial charge in [-0.2, -0.15) is 0 Å². The van der Waals surface area contributed by atoms with E-state index in [9.17, 15) is 18.0 Å². The summed E-state index contributed by atoms with van der Waals surface area (Å²) in [6.45, 7) is 3.03. The maximum absolute atomic E-state index is 13.0. The number of anilines is 1. The second-order valence-corrected chi connectivity index (χ2v) is 9.21. The Morgan fingerprint density at radius 2 is 1.90 bits per heavy atom. The molecule has 160 valence electrons. The van der Waals surface area contributed by atoms with Gasteiger partial charge in [-0.15, -0.1) is 0 Å². The summed E-state index contributed by atoms with van der Waals surface area (Å²) in [5, 5.41) is 3.28. The second-order valence-electron chi connectivity index (χ2n) is 7.09. The highest BCUT2D eigenvalue weighted by Crippen LogP contribution is 2.23. The van der Waals surface area contributed by atoms with Crippen molar-refractivity contribution in [3.63, 3.8) is 0 Å². The van der Waals surface area contributed by atoms with Crippen molar-refractivity contribution >= 4 is 39.1 Å². The zero-order valence-corrected chi connectivity index (χ0v) is 18.2. The summed E-state index contributed by atoms with van der Waals surface area (Å²) in [7, 11) is -3.82. The van der Waals surface area contributed by atoms with Crippen molar-refractivity contribution in [2.45, 2.75) is 37.1 Å². The molecule has 3 rings (SSSR count). The molecule has 30 heavy (non-hydrogen) atoms. The van der Waals surface area contributed by atoms with Crippen LogP contribution in [0, 0.1) is 0 Å². The van der Waals surface area contributed by atoms with E-state index >= 15 is 0 Å². The van der Waals surface area contributed by atoms with Gasteiger partial charge < -0.3 is 10.2 Å². The van der Waals surface area contributed by atoms with E-state index in [0.29, 0.717) is 30.1 Å². The molecule has 2 aromatic rings. The van der Waals surface area contributed by atoms with E-state index in [1.807, 2.05) is 6.92 Å². The Morgan fingerprint density at radius 1 is 1.17 bits per heavy atom. The lowest BCUT2D eigenvalue weighted by atomic mass is 10.1. The van der Waals surface area contributed by atoms with Crippen molar-refractivity contribution in [2.24, 2.45) is 0 Å². The van der Waals surface area contributed by atoms with Gasteiger partial charge in [-0.1, -0.05) is 24.6 Å². The third-order valence-electron chi connectivity index (χ3n) is 4.85. The van der Waals surface area contributed by atoms with Gasteiger partial charge in [-0.05, 0) is 61.7 Å². The monoisotopic (exact) mass is 449 g/mol. The van der Waals surface area contributed by atoms with Gasteiger partial charge in [0.15, 0.2) is 0 Å². The van der Waals surface area contributed by atoms with Gasteiger partial charge in [-0.25, -0.2) is 8.42 Å². The van der Waals surface area contributed by atoms with E-state index in [1.165, 1.54) is 30.3 Å². The smallest absolute Gasteiger partial charge is 0.261 e. The first kappa shape index (κ1) is 22.1. The standard InChI is InChI=1S/C21H24ClN3O4S/c1-2-12-23-20(26)19-7-4-13-25(19)21(27)15-5-3-6-17(14-15)24-30(28,29)18-10-8-16(22)9-11-18/h3,5-6,8-11,14,19,24H,2,4,7,12-13H2,1H3,(H,23,26)/t19-/m0/s1. The van der Waals surface area contributed by atoms with Crippen LogP contribution in [0.15, 0.2) is 53.4 Å². The van der Waals surface area contributed by atoms with Crippen LogP contribution in [0.5, 0.6) is 0 Å². The van der Waals surface area contributed by atoms with E-state index in [-0.39, 0.29) is 22.4 Å². The predicted octanol–water partition coefficient (Wildman–Crippen LogP) is 3.27. The third kappa shape index (κ3) is 5.12. The summed E-state index contributed by atoms with van der Waals surface area (Å²) < 4.78 is 27.7. The molecule has 7 nitrogen and oxygen atoms in total. The van der Waals surface area contributed by atoms with Gasteiger partial charge >= 0.3 is 0 Å². The van der Waals surface area contributed by atoms with Crippen molar-refractivity contribution < 1.29 is 18.0 Å². The number of rotatable bonds is 7. The van der Waals surface area contributed by atoms with Crippen LogP contribution in [0.25, 0.3) is 0 Å². The minimum absolute atomic E-state index is 0.0656. The molecule has 0 spiro atoms. The topological polar surface area (TPSA) is 95.6 Å². The lowest BCUT2D eigenvalue weighted by molar-refractivity contribution is -0.124. The van der Waals surface area contributed by atoms with Crippen molar-refractivity contribution in [3.8, 4) is 0 Å². The highest BCUT2D eigenvalue weighted by molar-refractivity contribution is 7.92. The molecule has 0 saturated carbocycles. The molecular weight excluding hydrogens is 426 g/mol. The Hall–Kier alpha value is -2.58. The number of benzene rings is 2. The molecule has 2 N–H and O–H groups in total. The molecular formula is C21H24ClN3O4S. The predicted molar refractivity (Wildman–Crippen MR) is 116 cm³/mol. The van der Waals surface area contributed by atoms with Crippen LogP contribution in [-0.4, -0.2) is 44.3 Å². The number of amides is 2. The molecule has 2 amide bonds. The number of halogens is 1. The fraction of sp³-hybridized carbons (Fsp3) is 0.333. The normalized spacial score (nSPS) is 16.3. The number of nitrogens with one attached hydrogen (secondary N) is 2. The SMILES string of the molecule is CCCNC(=O)[C@@H]1CCCN1C(=O)c1cccc(NS(=O)(=O)c2ccc(Cl)cc2)c1. The molecule has 0 radical (unpaired) electrons. The first-order valence-electron chi connectivity index (χ1n) is 9.79. The summed E-state index contributed by atoms with van der Waals surface area (Å²) in [6, 6.07) is 11.6. The van der Waals surface area contributed by atoms with Gasteiger partial charge in [0.2, 0.25) is 5.91 Å². The van der Waals surface area contributed by atoms with E-state index in [0.717, 1.165) is 12.8 Å². The van der Waals surface area contributed by atoms with Gasteiger partial charge in [-0.3, -0.25) is 14.3 Å². The highest BCUT2D eigenvalue weighted by atomic mass is 35.5. The van der Waals surface area contributed by atoms with Crippen LogP contribution in [0.4, 0.5) is 5.69 Å². The zero-order chi connectivity index (χ0) is 21.7. The van der Waals surface area contributed by atoms with Gasteiger partial charge in [0.05, 0.1) is 4.90 Å². The molecule has 1 saturated heterocycles. The van der Waals surface area contributed by atoms with Crippen molar-refractivity contribution in [1.82, 2.24) is 10.2 Å². The van der Waals surface area contributed by atoms with Crippen LogP contribution < -0.4 is 10.0 Å². The number of carbonyl (C=O) groups is 2. The molecule has 1 fully saturated rings. The molecule has 2 aromatic carbocycles. The molecule has 1 atom stereocenters. The van der Waals surface area contributed by atoms with Crippen molar-refractivity contribution in [1.29, 1.82) is 0 Å². The Morgan fingerprint density at radius 3 is 2.60 bits per heavy atom. The Kier molecular flexibility index (Phi) is 6.99. The molecule has 9 heteroatoms. The molecule has 0 aromatic heterocycles. The van der Waals surface area contributed by atoms with Gasteiger partial charge in [0, 0.05) is 29.4 Å². The molecule has 1 aliphatic rings. The van der Waals surface area contributed by atoms with Crippen molar-refractivity contribution in [3.05, 3.63) is 59.1 Å². The quantitative estimate of drug-likeness (QED) is 0.678. The lowest BCUT2D eigenvalue weighted by Gasteiger charge is -2.24. The van der Waals surface area contributed by atoms with Crippen LogP contribution in [0.2, 0.25) is 5.02 Å². The second kappa shape index (κ2) is 9.49. The average molecular weight is 450 g/mol. The van der Waals surface area contributed by atoms with Crippen LogP contribution in [-0.2, 0) is 14.8 Å². The fourth-order valence-electron chi connectivity index (χ4n) is 3.36. The van der Waals surface area contributed by atoms with E-state index in [1.54, 1.807) is 23.1 Å². The lowest BCUT2D eigenvalue weighted by Crippen LogP contribution is -2.46. The van der Waals surface area contributed by atoms with Gasteiger partial charge in [0.1, 0.15) is 6.04 Å². The minimum Gasteiger partial charge on any atom is -0.354 e. The van der Waals surface area contributed by atoms with E-state index < -0.39 is 16.1 Å². The summed E-state index contributed by atoms with van der Waals surface area (Å²) in [4.78, 5) is 27.0. The Bertz CT molecular complexity index is 1020. The highest BCUT2D eigenvalue weighted by Gasteiger charge is 2.34. The van der Waals surface area contributed by atoms with E-state index in [2.05, 4.69) is 10.0 Å². The maximum atomic E-state index is 13.0. The molecule has 0 unspecified atom stereocenters. The minimum atomic E-state index is -3.82. The average Bonchev–Trinajstić information content (AvgIpc) is 3.21. The number of hydrogen-bond donors (Lipinski definition) is 2. The summed E-state index contributed by atoms with van der Waals surface area (Å²) in [5.74, 6) is -0.445. The van der Waals surface area contributed by atoms with Crippen LogP contribution >= 0.6 is 11.6 Å². The van der Waals surface area contributed by atoms with Crippen LogP contribution in [0.1, 0.15) is 36.5 Å². The molecule has 0 aliphatic carbocycles. The largest absolute Gasteiger partial charge is 0.354 e. The summed E-state index contributed by atoms with van der Waals surface area (Å²) in [6.07, 6.45) is 2.19. The fourth-order valence-corrected chi connectivity index (χ4v) is 4.53. The maximum Gasteiger partial charge on any atom is 0.261 e. The number of likely N-dealkylation sites (tertiary alicyclic amines) is 1. The van der Waals surface area contributed by atoms with E-state index in [4.69, 9.17) is 11.6 Å². The number of carbonyl (C=O) groups excluding carboxylic acids is 2. The molecule has 1 aliphatic heterocycles. The van der Waals surface area contributed by atoms with Crippen LogP contribution in [0.3, 0.4) is 0 Å². The number of nitrogens with zero attached hydrogens (tertiary/aromatic N) is 1. The van der Waals surface area contributed by atoms with Crippen molar-refractivity contribution in [2.75, 3.05) is 17.8 Å². The summed E-state index contributed by atoms with van der Waals surface area (Å²) in [5.41, 5.74) is 0.587. The first-order chi connectivity index (χ1) is 14.3. The first-order valence-corrected chi connectivity index (χ1v) is 11.6.